The topological polar surface area (TPSA) is 60.4 Å². The van der Waals surface area contributed by atoms with Crippen molar-refractivity contribution in [3.05, 3.63) is 65.7 Å². The standard InChI is InChI=1S/C16H17NO3S/c1-13-7-9-15(10-8-13)17(21(19)20)16(12-18)11-14-5-3-2-4-6-14/h2-10,12,16H,11H2,1H3,(H,19,20)/p-1. The Morgan fingerprint density at radius 3 is 2.29 bits per heavy atom. The maximum absolute atomic E-state index is 11.5. The van der Waals surface area contributed by atoms with Gasteiger partial charge in [0.1, 0.15) is 12.3 Å². The van der Waals surface area contributed by atoms with E-state index in [1.165, 1.54) is 0 Å². The maximum Gasteiger partial charge on any atom is 0.143 e. The molecule has 2 unspecified atom stereocenters. The van der Waals surface area contributed by atoms with Gasteiger partial charge in [0.2, 0.25) is 0 Å². The minimum absolute atomic E-state index is 0.339. The van der Waals surface area contributed by atoms with E-state index in [1.54, 1.807) is 12.1 Å². The van der Waals surface area contributed by atoms with E-state index in [1.807, 2.05) is 49.4 Å². The van der Waals surface area contributed by atoms with Crippen LogP contribution in [0.25, 0.3) is 0 Å². The molecule has 0 aliphatic heterocycles. The van der Waals surface area contributed by atoms with Gasteiger partial charge in [0.05, 0.1) is 0 Å². The number of hydrogen-bond acceptors (Lipinski definition) is 3. The summed E-state index contributed by atoms with van der Waals surface area (Å²) in [7, 11) is 0. The van der Waals surface area contributed by atoms with Crippen LogP contribution in [-0.4, -0.2) is 21.1 Å². The molecule has 0 spiro atoms. The van der Waals surface area contributed by atoms with Crippen LogP contribution in [0, 0.1) is 6.92 Å². The first-order valence-corrected chi connectivity index (χ1v) is 7.59. The second kappa shape index (κ2) is 7.15. The van der Waals surface area contributed by atoms with Crippen LogP contribution in [0.15, 0.2) is 54.6 Å². The average molecular weight is 302 g/mol. The fraction of sp³-hybridized carbons (Fsp3) is 0.188. The number of rotatable bonds is 6. The third-order valence-electron chi connectivity index (χ3n) is 3.20. The van der Waals surface area contributed by atoms with Gasteiger partial charge >= 0.3 is 0 Å². The summed E-state index contributed by atoms with van der Waals surface area (Å²) in [6, 6.07) is 15.6. The van der Waals surface area contributed by atoms with Crippen molar-refractivity contribution < 1.29 is 13.6 Å². The van der Waals surface area contributed by atoms with E-state index in [0.29, 0.717) is 18.4 Å². The molecule has 0 saturated heterocycles. The summed E-state index contributed by atoms with van der Waals surface area (Å²) in [4.78, 5) is 11.4. The lowest BCUT2D eigenvalue weighted by Gasteiger charge is -2.31. The number of carbonyl (C=O) groups excluding carboxylic acids is 1. The summed E-state index contributed by atoms with van der Waals surface area (Å²) in [6.07, 6.45) is 1.01. The van der Waals surface area contributed by atoms with E-state index < -0.39 is 17.3 Å². The quantitative estimate of drug-likeness (QED) is 0.608. The Labute approximate surface area is 126 Å². The third kappa shape index (κ3) is 4.00. The van der Waals surface area contributed by atoms with Gasteiger partial charge in [0, 0.05) is 23.4 Å². The highest BCUT2D eigenvalue weighted by molar-refractivity contribution is 7.80. The summed E-state index contributed by atoms with van der Waals surface area (Å²) in [5, 5.41) is 0. The Bertz CT molecular complexity index is 613. The average Bonchev–Trinajstić information content (AvgIpc) is 2.49. The van der Waals surface area contributed by atoms with Gasteiger partial charge < -0.3 is 9.35 Å². The predicted molar refractivity (Wildman–Crippen MR) is 82.6 cm³/mol. The molecule has 5 heteroatoms. The van der Waals surface area contributed by atoms with Crippen molar-refractivity contribution in [2.45, 2.75) is 19.4 Å². The van der Waals surface area contributed by atoms with Gasteiger partial charge in [-0.15, -0.1) is 0 Å². The lowest BCUT2D eigenvalue weighted by atomic mass is 10.1. The van der Waals surface area contributed by atoms with E-state index in [0.717, 1.165) is 15.4 Å². The molecule has 4 nitrogen and oxygen atoms in total. The molecule has 110 valence electrons. The van der Waals surface area contributed by atoms with Gasteiger partial charge in [-0.1, -0.05) is 48.0 Å². The van der Waals surface area contributed by atoms with Crippen LogP contribution in [-0.2, 0) is 22.5 Å². The second-order valence-corrected chi connectivity index (χ2v) is 5.60. The molecule has 0 saturated carbocycles. The fourth-order valence-electron chi connectivity index (χ4n) is 2.12. The summed E-state index contributed by atoms with van der Waals surface area (Å²) in [5.74, 6) is 0. The molecule has 2 rings (SSSR count). The molecule has 0 N–H and O–H groups in total. The molecule has 0 aromatic heterocycles. The summed E-state index contributed by atoms with van der Waals surface area (Å²) in [5.41, 5.74) is 2.43. The minimum Gasteiger partial charge on any atom is -0.755 e. The van der Waals surface area contributed by atoms with E-state index >= 15 is 0 Å². The van der Waals surface area contributed by atoms with Gasteiger partial charge in [0.15, 0.2) is 0 Å². The van der Waals surface area contributed by atoms with Crippen LogP contribution in [0.2, 0.25) is 0 Å². The van der Waals surface area contributed by atoms with Crippen molar-refractivity contribution >= 4 is 23.2 Å². The van der Waals surface area contributed by atoms with Crippen molar-refractivity contribution in [3.63, 3.8) is 0 Å². The minimum atomic E-state index is -2.51. The Morgan fingerprint density at radius 2 is 1.76 bits per heavy atom. The summed E-state index contributed by atoms with van der Waals surface area (Å²) in [6.45, 7) is 1.92. The van der Waals surface area contributed by atoms with Gasteiger partial charge in [-0.3, -0.25) is 8.51 Å². The normalized spacial score (nSPS) is 13.4. The van der Waals surface area contributed by atoms with Crippen LogP contribution in [0.4, 0.5) is 5.69 Å². The van der Waals surface area contributed by atoms with Crippen molar-refractivity contribution in [1.29, 1.82) is 0 Å². The lowest BCUT2D eigenvalue weighted by Crippen LogP contribution is -2.39. The second-order valence-electron chi connectivity index (χ2n) is 4.77. The molecular weight excluding hydrogens is 286 g/mol. The molecule has 2 atom stereocenters. The summed E-state index contributed by atoms with van der Waals surface area (Å²) >= 11 is -2.51. The van der Waals surface area contributed by atoms with Gasteiger partial charge in [0.25, 0.3) is 0 Å². The molecule has 2 aromatic carbocycles. The summed E-state index contributed by atoms with van der Waals surface area (Å²) < 4.78 is 24.2. The number of benzene rings is 2. The van der Waals surface area contributed by atoms with E-state index in [2.05, 4.69) is 0 Å². The van der Waals surface area contributed by atoms with Crippen LogP contribution in [0.3, 0.4) is 0 Å². The number of hydrogen-bond donors (Lipinski definition) is 0. The molecule has 0 bridgehead atoms. The first-order chi connectivity index (χ1) is 10.1. The zero-order valence-corrected chi connectivity index (χ0v) is 12.5. The van der Waals surface area contributed by atoms with Crippen molar-refractivity contribution in [3.8, 4) is 0 Å². The highest BCUT2D eigenvalue weighted by Crippen LogP contribution is 2.20. The Balaban J connectivity index is 2.28. The third-order valence-corrected chi connectivity index (χ3v) is 4.00. The van der Waals surface area contributed by atoms with Gasteiger partial charge in [-0.25, -0.2) is 0 Å². The zero-order chi connectivity index (χ0) is 15.2. The van der Waals surface area contributed by atoms with Crippen molar-refractivity contribution in [1.82, 2.24) is 0 Å². The molecule has 0 amide bonds. The predicted octanol–water partition coefficient (Wildman–Crippen LogP) is 2.41. The monoisotopic (exact) mass is 302 g/mol. The molecule has 0 radical (unpaired) electrons. The van der Waals surface area contributed by atoms with E-state index in [9.17, 15) is 13.6 Å². The van der Waals surface area contributed by atoms with Crippen LogP contribution in [0.1, 0.15) is 11.1 Å². The lowest BCUT2D eigenvalue weighted by molar-refractivity contribution is -0.108. The van der Waals surface area contributed by atoms with Crippen molar-refractivity contribution in [2.75, 3.05) is 4.31 Å². The number of aryl methyl sites for hydroxylation is 1. The van der Waals surface area contributed by atoms with E-state index in [-0.39, 0.29) is 0 Å². The van der Waals surface area contributed by atoms with Crippen LogP contribution < -0.4 is 4.31 Å². The number of nitrogens with zero attached hydrogens (tertiary/aromatic N) is 1. The van der Waals surface area contributed by atoms with Crippen molar-refractivity contribution in [2.24, 2.45) is 0 Å². The Hall–Kier alpha value is -1.98. The smallest absolute Gasteiger partial charge is 0.143 e. The fourth-order valence-corrected chi connectivity index (χ4v) is 2.76. The van der Waals surface area contributed by atoms with Gasteiger partial charge in [-0.05, 0) is 24.6 Å². The molecule has 0 aliphatic carbocycles. The molecule has 0 heterocycles. The van der Waals surface area contributed by atoms with Gasteiger partial charge in [-0.2, -0.15) is 0 Å². The Morgan fingerprint density at radius 1 is 1.14 bits per heavy atom. The SMILES string of the molecule is Cc1ccc(N(C(C=O)Cc2ccccc2)S(=O)[O-])cc1. The van der Waals surface area contributed by atoms with Crippen LogP contribution >= 0.6 is 0 Å². The first kappa shape index (κ1) is 15.4. The molecular formula is C16H16NO3S-. The molecule has 2 aromatic rings. The molecule has 0 fully saturated rings. The molecule has 21 heavy (non-hydrogen) atoms. The largest absolute Gasteiger partial charge is 0.755 e. The number of aldehydes is 1. The van der Waals surface area contributed by atoms with Crippen LogP contribution in [0.5, 0.6) is 0 Å². The Kier molecular flexibility index (Phi) is 5.25. The highest BCUT2D eigenvalue weighted by atomic mass is 32.2. The number of anilines is 1. The first-order valence-electron chi connectivity index (χ1n) is 6.56. The highest BCUT2D eigenvalue weighted by Gasteiger charge is 2.20. The molecule has 0 aliphatic rings. The number of carbonyl (C=O) groups is 1. The zero-order valence-electron chi connectivity index (χ0n) is 11.6. The maximum atomic E-state index is 11.5. The van der Waals surface area contributed by atoms with E-state index in [4.69, 9.17) is 0 Å².